The van der Waals surface area contributed by atoms with Crippen molar-refractivity contribution in [2.75, 3.05) is 7.05 Å². The van der Waals surface area contributed by atoms with Crippen LogP contribution in [0, 0.1) is 26.6 Å². The topological polar surface area (TPSA) is 29.9 Å². The highest BCUT2D eigenvalue weighted by Gasteiger charge is 2.12. The predicted octanol–water partition coefficient (Wildman–Crippen LogP) is 2.66. The highest BCUT2D eigenvalue weighted by Crippen LogP contribution is 2.20. The lowest BCUT2D eigenvalue weighted by Crippen LogP contribution is -2.07. The van der Waals surface area contributed by atoms with Crippen molar-refractivity contribution in [2.45, 2.75) is 27.3 Å². The fourth-order valence-electron chi connectivity index (χ4n) is 1.99. The number of rotatable bonds is 3. The van der Waals surface area contributed by atoms with Gasteiger partial charge in [-0.05, 0) is 51.1 Å². The maximum atomic E-state index is 14.1. The molecule has 0 saturated heterocycles. The molecule has 1 N–H and O–H groups in total. The van der Waals surface area contributed by atoms with Gasteiger partial charge in [0.15, 0.2) is 0 Å². The monoisotopic (exact) mass is 247 g/mol. The van der Waals surface area contributed by atoms with E-state index in [2.05, 4.69) is 10.4 Å². The van der Waals surface area contributed by atoms with Crippen LogP contribution < -0.4 is 5.32 Å². The third-order valence-electron chi connectivity index (χ3n) is 3.27. The van der Waals surface area contributed by atoms with Crippen molar-refractivity contribution in [1.29, 1.82) is 0 Å². The van der Waals surface area contributed by atoms with Crippen LogP contribution in [0.2, 0.25) is 0 Å². The zero-order valence-electron chi connectivity index (χ0n) is 11.2. The molecule has 1 aromatic heterocycles. The molecule has 0 amide bonds. The van der Waals surface area contributed by atoms with Crippen molar-refractivity contribution < 1.29 is 4.39 Å². The molecule has 2 aromatic rings. The van der Waals surface area contributed by atoms with Gasteiger partial charge in [-0.3, -0.25) is 0 Å². The van der Waals surface area contributed by atoms with E-state index in [9.17, 15) is 4.39 Å². The van der Waals surface area contributed by atoms with Crippen molar-refractivity contribution in [3.05, 3.63) is 46.5 Å². The normalized spacial score (nSPS) is 10.9. The Morgan fingerprint density at radius 1 is 1.28 bits per heavy atom. The highest BCUT2D eigenvalue weighted by atomic mass is 19.1. The zero-order valence-corrected chi connectivity index (χ0v) is 11.2. The standard InChI is InChI=1S/C14H18FN3/c1-9-10(2)17-18(11(9)3)14-6-5-12(8-16-4)7-13(14)15/h5-7,16H,8H2,1-4H3. The molecule has 0 bridgehead atoms. The summed E-state index contributed by atoms with van der Waals surface area (Å²) < 4.78 is 15.8. The van der Waals surface area contributed by atoms with Gasteiger partial charge in [0.2, 0.25) is 0 Å². The average Bonchev–Trinajstić information content (AvgIpc) is 2.58. The highest BCUT2D eigenvalue weighted by molar-refractivity contribution is 5.39. The number of halogens is 1. The van der Waals surface area contributed by atoms with Crippen LogP contribution in [-0.2, 0) is 6.54 Å². The first-order valence-corrected chi connectivity index (χ1v) is 6.00. The van der Waals surface area contributed by atoms with Gasteiger partial charge in [-0.1, -0.05) is 6.07 Å². The summed E-state index contributed by atoms with van der Waals surface area (Å²) in [5, 5.41) is 7.38. The largest absolute Gasteiger partial charge is 0.316 e. The Bertz CT molecular complexity index is 573. The Morgan fingerprint density at radius 3 is 2.50 bits per heavy atom. The molecule has 2 rings (SSSR count). The predicted molar refractivity (Wildman–Crippen MR) is 70.5 cm³/mol. The first-order valence-electron chi connectivity index (χ1n) is 6.00. The molecule has 1 aromatic carbocycles. The molecule has 18 heavy (non-hydrogen) atoms. The number of aryl methyl sites for hydroxylation is 1. The number of hydrogen-bond donors (Lipinski definition) is 1. The number of benzene rings is 1. The lowest BCUT2D eigenvalue weighted by Gasteiger charge is -2.08. The summed E-state index contributed by atoms with van der Waals surface area (Å²) >= 11 is 0. The van der Waals surface area contributed by atoms with Gasteiger partial charge in [-0.15, -0.1) is 0 Å². The summed E-state index contributed by atoms with van der Waals surface area (Å²) in [6, 6.07) is 5.25. The minimum absolute atomic E-state index is 0.242. The third kappa shape index (κ3) is 2.16. The number of aromatic nitrogens is 2. The van der Waals surface area contributed by atoms with Gasteiger partial charge in [0.1, 0.15) is 11.5 Å². The molecule has 0 atom stereocenters. The van der Waals surface area contributed by atoms with Crippen LogP contribution in [0.1, 0.15) is 22.5 Å². The van der Waals surface area contributed by atoms with Gasteiger partial charge in [-0.25, -0.2) is 9.07 Å². The molecular formula is C14H18FN3. The second-order valence-electron chi connectivity index (χ2n) is 4.52. The molecule has 0 spiro atoms. The van der Waals surface area contributed by atoms with E-state index >= 15 is 0 Å². The van der Waals surface area contributed by atoms with E-state index in [0.29, 0.717) is 12.2 Å². The SMILES string of the molecule is CNCc1ccc(-n2nc(C)c(C)c2C)c(F)c1. The van der Waals surface area contributed by atoms with Crippen molar-refractivity contribution in [2.24, 2.45) is 0 Å². The Kier molecular flexibility index (Phi) is 3.48. The fraction of sp³-hybridized carbons (Fsp3) is 0.357. The Hall–Kier alpha value is -1.68. The fourth-order valence-corrected chi connectivity index (χ4v) is 1.99. The molecule has 0 fully saturated rings. The van der Waals surface area contributed by atoms with Crippen LogP contribution in [0.25, 0.3) is 5.69 Å². The van der Waals surface area contributed by atoms with Crippen LogP contribution in [0.4, 0.5) is 4.39 Å². The molecule has 3 nitrogen and oxygen atoms in total. The van der Waals surface area contributed by atoms with Crippen molar-refractivity contribution >= 4 is 0 Å². The van der Waals surface area contributed by atoms with E-state index in [4.69, 9.17) is 0 Å². The molecule has 0 unspecified atom stereocenters. The van der Waals surface area contributed by atoms with E-state index in [1.165, 1.54) is 0 Å². The molecule has 4 heteroatoms. The quantitative estimate of drug-likeness (QED) is 0.903. The van der Waals surface area contributed by atoms with Crippen LogP contribution in [0.15, 0.2) is 18.2 Å². The Labute approximate surface area is 107 Å². The van der Waals surface area contributed by atoms with E-state index in [1.54, 1.807) is 16.8 Å². The molecule has 0 radical (unpaired) electrons. The van der Waals surface area contributed by atoms with Crippen LogP contribution in [-0.4, -0.2) is 16.8 Å². The molecule has 0 aliphatic carbocycles. The maximum Gasteiger partial charge on any atom is 0.149 e. The van der Waals surface area contributed by atoms with Gasteiger partial charge >= 0.3 is 0 Å². The van der Waals surface area contributed by atoms with E-state index in [-0.39, 0.29) is 5.82 Å². The van der Waals surface area contributed by atoms with E-state index in [1.807, 2.05) is 33.9 Å². The number of hydrogen-bond acceptors (Lipinski definition) is 2. The van der Waals surface area contributed by atoms with Crippen molar-refractivity contribution in [3.8, 4) is 5.69 Å². The van der Waals surface area contributed by atoms with Gasteiger partial charge in [-0.2, -0.15) is 5.10 Å². The number of nitrogens with one attached hydrogen (secondary N) is 1. The van der Waals surface area contributed by atoms with Crippen molar-refractivity contribution in [3.63, 3.8) is 0 Å². The third-order valence-corrected chi connectivity index (χ3v) is 3.27. The molecular weight excluding hydrogens is 229 g/mol. The van der Waals surface area contributed by atoms with E-state index < -0.39 is 0 Å². The average molecular weight is 247 g/mol. The molecule has 0 aliphatic rings. The molecule has 0 aliphatic heterocycles. The van der Waals surface area contributed by atoms with Crippen molar-refractivity contribution in [1.82, 2.24) is 15.1 Å². The maximum absolute atomic E-state index is 14.1. The summed E-state index contributed by atoms with van der Waals surface area (Å²) in [6.45, 7) is 6.55. The summed E-state index contributed by atoms with van der Waals surface area (Å²) in [4.78, 5) is 0. The first kappa shape index (κ1) is 12.8. The summed E-state index contributed by atoms with van der Waals surface area (Å²) in [5.74, 6) is -0.242. The number of nitrogens with zero attached hydrogens (tertiary/aromatic N) is 2. The van der Waals surface area contributed by atoms with Gasteiger partial charge in [0.25, 0.3) is 0 Å². The molecule has 1 heterocycles. The summed E-state index contributed by atoms with van der Waals surface area (Å²) in [6.07, 6.45) is 0. The van der Waals surface area contributed by atoms with Gasteiger partial charge in [0, 0.05) is 12.2 Å². The van der Waals surface area contributed by atoms with Crippen LogP contribution in [0.3, 0.4) is 0 Å². The second-order valence-corrected chi connectivity index (χ2v) is 4.52. The molecule has 96 valence electrons. The minimum atomic E-state index is -0.242. The van der Waals surface area contributed by atoms with Gasteiger partial charge < -0.3 is 5.32 Å². The molecule has 0 saturated carbocycles. The minimum Gasteiger partial charge on any atom is -0.316 e. The second kappa shape index (κ2) is 4.90. The van der Waals surface area contributed by atoms with Crippen LogP contribution in [0.5, 0.6) is 0 Å². The lowest BCUT2D eigenvalue weighted by atomic mass is 10.2. The van der Waals surface area contributed by atoms with Crippen LogP contribution >= 0.6 is 0 Å². The summed E-state index contributed by atoms with van der Waals surface area (Å²) in [5.41, 5.74) is 4.45. The Balaban J connectivity index is 2.48. The zero-order chi connectivity index (χ0) is 13.3. The first-order chi connectivity index (χ1) is 8.54. The van der Waals surface area contributed by atoms with Gasteiger partial charge in [0.05, 0.1) is 5.69 Å². The summed E-state index contributed by atoms with van der Waals surface area (Å²) in [7, 11) is 1.84. The lowest BCUT2D eigenvalue weighted by molar-refractivity contribution is 0.604. The van der Waals surface area contributed by atoms with E-state index in [0.717, 1.165) is 22.5 Å². The smallest absolute Gasteiger partial charge is 0.149 e. The Morgan fingerprint density at radius 2 is 2.00 bits per heavy atom.